The van der Waals surface area contributed by atoms with E-state index in [0.29, 0.717) is 0 Å². The second-order valence-electron chi connectivity index (χ2n) is 8.11. The first-order chi connectivity index (χ1) is 17.8. The summed E-state index contributed by atoms with van der Waals surface area (Å²) in [6, 6.07) is 10.2. The van der Waals surface area contributed by atoms with Crippen molar-refractivity contribution in [1.29, 1.82) is 0 Å². The Morgan fingerprint density at radius 2 is 0.632 bits per heavy atom. The molecule has 0 saturated heterocycles. The van der Waals surface area contributed by atoms with E-state index in [2.05, 4.69) is 0 Å². The van der Waals surface area contributed by atoms with Gasteiger partial charge < -0.3 is 20.4 Å². The van der Waals surface area contributed by atoms with Crippen molar-refractivity contribution in [3.05, 3.63) is 129 Å². The van der Waals surface area contributed by atoms with Gasteiger partial charge in [-0.05, 0) is 11.1 Å². The summed E-state index contributed by atoms with van der Waals surface area (Å²) in [5.74, 6) is -24.2. The van der Waals surface area contributed by atoms with E-state index in [4.69, 9.17) is 0 Å². The van der Waals surface area contributed by atoms with E-state index in [1.807, 2.05) is 0 Å². The number of rotatable bonds is 5. The summed E-state index contributed by atoms with van der Waals surface area (Å²) in [6.07, 6.45) is 0. The van der Waals surface area contributed by atoms with E-state index >= 15 is 17.6 Å². The monoisotopic (exact) mass is 542 g/mol. The highest BCUT2D eigenvalue weighted by atomic mass is 19.2. The van der Waals surface area contributed by atoms with Gasteiger partial charge in [0.25, 0.3) is 0 Å². The van der Waals surface area contributed by atoms with Crippen LogP contribution in [0.1, 0.15) is 22.3 Å². The molecule has 4 N–H and O–H groups in total. The van der Waals surface area contributed by atoms with Crippen molar-refractivity contribution in [1.82, 2.24) is 0 Å². The van der Waals surface area contributed by atoms with Gasteiger partial charge in [0, 0.05) is 0 Å². The van der Waals surface area contributed by atoms with Gasteiger partial charge in [0.2, 0.25) is 23.3 Å². The van der Waals surface area contributed by atoms with Crippen LogP contribution < -0.4 is 0 Å². The lowest BCUT2D eigenvalue weighted by Gasteiger charge is -2.45. The Bertz CT molecular complexity index is 1370. The fraction of sp³-hybridized carbons (Fsp3) is 0.0769. The van der Waals surface area contributed by atoms with E-state index < -0.39 is 91.5 Å². The summed E-state index contributed by atoms with van der Waals surface area (Å²) in [7, 11) is 0. The van der Waals surface area contributed by atoms with Crippen molar-refractivity contribution in [3.63, 3.8) is 0 Å². The Hall–Kier alpha value is -4.16. The topological polar surface area (TPSA) is 80.9 Å². The molecule has 2 unspecified atom stereocenters. The van der Waals surface area contributed by atoms with Gasteiger partial charge in [0.05, 0.1) is 11.1 Å². The average Bonchev–Trinajstić information content (AvgIpc) is 2.93. The Labute approximate surface area is 208 Å². The summed E-state index contributed by atoms with van der Waals surface area (Å²) in [5, 5.41) is 42.9. The molecule has 4 nitrogen and oxygen atoms in total. The van der Waals surface area contributed by atoms with Gasteiger partial charge in [0.15, 0.2) is 46.0 Å². The van der Waals surface area contributed by atoms with Gasteiger partial charge >= 0.3 is 0 Å². The summed E-state index contributed by atoms with van der Waals surface area (Å²) in [6.45, 7) is 0. The summed E-state index contributed by atoms with van der Waals surface area (Å²) in [4.78, 5) is 0. The fourth-order valence-electron chi connectivity index (χ4n) is 4.30. The van der Waals surface area contributed by atoms with Crippen molar-refractivity contribution in [2.24, 2.45) is 0 Å². The zero-order valence-electron chi connectivity index (χ0n) is 18.6. The first-order valence-corrected chi connectivity index (χ1v) is 10.5. The number of aliphatic hydroxyl groups is 2. The third-order valence-corrected chi connectivity index (χ3v) is 6.11. The predicted molar refractivity (Wildman–Crippen MR) is 115 cm³/mol. The zero-order chi connectivity index (χ0) is 28.2. The van der Waals surface area contributed by atoms with E-state index in [1.54, 1.807) is 0 Å². The number of aromatic hydroxyl groups is 2. The molecule has 38 heavy (non-hydrogen) atoms. The molecular formula is C26H14F8O4. The van der Waals surface area contributed by atoms with E-state index in [-0.39, 0.29) is 0 Å². The molecule has 0 bridgehead atoms. The molecule has 0 amide bonds. The molecule has 4 aromatic carbocycles. The van der Waals surface area contributed by atoms with Crippen LogP contribution in [0.15, 0.2) is 60.7 Å². The quantitative estimate of drug-likeness (QED) is 0.202. The first kappa shape index (κ1) is 26.9. The molecular weight excluding hydrogens is 528 g/mol. The molecule has 0 aliphatic rings. The predicted octanol–water partition coefficient (Wildman–Crippen LogP) is 5.38. The van der Waals surface area contributed by atoms with Crippen LogP contribution in [0, 0.1) is 46.5 Å². The van der Waals surface area contributed by atoms with Crippen LogP contribution in [0.3, 0.4) is 0 Å². The third-order valence-electron chi connectivity index (χ3n) is 6.11. The van der Waals surface area contributed by atoms with Crippen LogP contribution in [0.2, 0.25) is 0 Å². The largest absolute Gasteiger partial charge is 0.503 e. The number of phenols is 2. The molecule has 2 atom stereocenters. The van der Waals surface area contributed by atoms with Crippen LogP contribution in [0.4, 0.5) is 35.1 Å². The van der Waals surface area contributed by atoms with Crippen molar-refractivity contribution in [2.75, 3.05) is 0 Å². The minimum atomic E-state index is -4.02. The van der Waals surface area contributed by atoms with Crippen LogP contribution in [0.25, 0.3) is 0 Å². The van der Waals surface area contributed by atoms with Gasteiger partial charge in [0.1, 0.15) is 0 Å². The number of benzene rings is 4. The molecule has 4 aromatic rings. The van der Waals surface area contributed by atoms with E-state index in [0.717, 1.165) is 48.5 Å². The van der Waals surface area contributed by atoms with Crippen molar-refractivity contribution < 1.29 is 55.5 Å². The highest BCUT2D eigenvalue weighted by Gasteiger charge is 2.60. The molecule has 198 valence electrons. The SMILES string of the molecule is Oc1c(F)c(F)c(C(O)(c2ccccc2)C(O)(c2ccccc2)c2c(F)c(F)c(O)c(F)c2F)c(F)c1F. The van der Waals surface area contributed by atoms with E-state index in [1.165, 1.54) is 12.1 Å². The highest BCUT2D eigenvalue weighted by molar-refractivity contribution is 5.54. The summed E-state index contributed by atoms with van der Waals surface area (Å²) in [5.41, 5.74) is -14.0. The molecule has 0 fully saturated rings. The Morgan fingerprint density at radius 1 is 0.395 bits per heavy atom. The minimum absolute atomic E-state index is 0.818. The maximum atomic E-state index is 15.3. The maximum Gasteiger partial charge on any atom is 0.204 e. The second kappa shape index (κ2) is 9.30. The lowest BCUT2D eigenvalue weighted by Crippen LogP contribution is -2.53. The van der Waals surface area contributed by atoms with Gasteiger partial charge in [-0.3, -0.25) is 0 Å². The molecule has 0 aliphatic carbocycles. The number of hydrogen-bond donors (Lipinski definition) is 4. The molecule has 0 saturated carbocycles. The molecule has 4 rings (SSSR count). The molecule has 0 aliphatic heterocycles. The van der Waals surface area contributed by atoms with Crippen molar-refractivity contribution >= 4 is 0 Å². The van der Waals surface area contributed by atoms with Gasteiger partial charge in [-0.2, -0.15) is 17.6 Å². The zero-order valence-corrected chi connectivity index (χ0v) is 18.6. The van der Waals surface area contributed by atoms with Gasteiger partial charge in [-0.1, -0.05) is 60.7 Å². The lowest BCUT2D eigenvalue weighted by molar-refractivity contribution is -0.121. The van der Waals surface area contributed by atoms with Crippen LogP contribution in [0.5, 0.6) is 11.5 Å². The van der Waals surface area contributed by atoms with Crippen molar-refractivity contribution in [2.45, 2.75) is 11.2 Å². The van der Waals surface area contributed by atoms with Crippen LogP contribution in [-0.2, 0) is 11.2 Å². The van der Waals surface area contributed by atoms with Crippen LogP contribution >= 0.6 is 0 Å². The molecule has 12 heteroatoms. The summed E-state index contributed by atoms with van der Waals surface area (Å²) < 4.78 is 119. The minimum Gasteiger partial charge on any atom is -0.503 e. The number of halogens is 8. The Morgan fingerprint density at radius 3 is 0.868 bits per heavy atom. The third kappa shape index (κ3) is 3.51. The molecule has 0 aromatic heterocycles. The summed E-state index contributed by atoms with van der Waals surface area (Å²) >= 11 is 0. The van der Waals surface area contributed by atoms with E-state index in [9.17, 15) is 38.0 Å². The van der Waals surface area contributed by atoms with Crippen LogP contribution in [-0.4, -0.2) is 20.4 Å². The Kier molecular flexibility index (Phi) is 6.58. The molecule has 0 radical (unpaired) electrons. The van der Waals surface area contributed by atoms with Gasteiger partial charge in [-0.25, -0.2) is 17.6 Å². The smallest absolute Gasteiger partial charge is 0.204 e. The molecule has 0 spiro atoms. The Balaban J connectivity index is 2.34. The normalized spacial score (nSPS) is 14.7. The van der Waals surface area contributed by atoms with Gasteiger partial charge in [-0.15, -0.1) is 0 Å². The standard InChI is InChI=1S/C26H14F8O4/c27-15-13(16(28)20(32)23(35)19(15)31)25(37,11-7-3-1-4-8-11)26(38,12-9-5-2-6-10-12)14-17(29)21(33)24(36)22(34)18(14)30/h1-10,35-38H. The lowest BCUT2D eigenvalue weighted by atomic mass is 9.65. The highest BCUT2D eigenvalue weighted by Crippen LogP contribution is 2.54. The number of phenolic OH excluding ortho intramolecular Hbond substituents is 2. The average molecular weight is 542 g/mol. The fourth-order valence-corrected chi connectivity index (χ4v) is 4.30. The first-order valence-electron chi connectivity index (χ1n) is 10.5. The van der Waals surface area contributed by atoms with Crippen molar-refractivity contribution in [3.8, 4) is 11.5 Å². The molecule has 0 heterocycles. The second-order valence-corrected chi connectivity index (χ2v) is 8.11. The number of hydrogen-bond acceptors (Lipinski definition) is 4. The maximum absolute atomic E-state index is 15.3.